The molecule has 0 aliphatic rings. The van der Waals surface area contributed by atoms with E-state index in [-0.39, 0.29) is 0 Å². The van der Waals surface area contributed by atoms with E-state index in [2.05, 4.69) is 36.2 Å². The van der Waals surface area contributed by atoms with Crippen molar-refractivity contribution in [3.8, 4) is 0 Å². The third-order valence-electron chi connectivity index (χ3n) is 3.03. The maximum absolute atomic E-state index is 5.78. The lowest BCUT2D eigenvalue weighted by Crippen LogP contribution is -2.34. The molecule has 4 heteroatoms. The molecule has 3 nitrogen and oxygen atoms in total. The molecule has 0 saturated heterocycles. The SMILES string of the molecule is CCC(CSC)N(C)c1nc(C)ccc1CN. The molecule has 0 fully saturated rings. The summed E-state index contributed by atoms with van der Waals surface area (Å²) in [5.41, 5.74) is 7.95. The fourth-order valence-corrected chi connectivity index (χ4v) is 2.75. The van der Waals surface area contributed by atoms with Crippen molar-refractivity contribution in [2.75, 3.05) is 24.0 Å². The molecule has 1 heterocycles. The van der Waals surface area contributed by atoms with Crippen molar-refractivity contribution in [2.45, 2.75) is 32.9 Å². The molecule has 96 valence electrons. The van der Waals surface area contributed by atoms with Crippen molar-refractivity contribution in [1.29, 1.82) is 0 Å². The van der Waals surface area contributed by atoms with E-state index < -0.39 is 0 Å². The number of thioether (sulfide) groups is 1. The van der Waals surface area contributed by atoms with Gasteiger partial charge in [0.2, 0.25) is 0 Å². The van der Waals surface area contributed by atoms with Gasteiger partial charge >= 0.3 is 0 Å². The Bertz CT molecular complexity index is 355. The van der Waals surface area contributed by atoms with E-state index in [9.17, 15) is 0 Å². The Balaban J connectivity index is 2.99. The van der Waals surface area contributed by atoms with Crippen molar-refractivity contribution >= 4 is 17.6 Å². The summed E-state index contributed by atoms with van der Waals surface area (Å²) in [7, 11) is 2.12. The molecule has 0 saturated carbocycles. The second-order valence-electron chi connectivity index (χ2n) is 4.27. The van der Waals surface area contributed by atoms with Crippen LogP contribution in [0.2, 0.25) is 0 Å². The smallest absolute Gasteiger partial charge is 0.133 e. The van der Waals surface area contributed by atoms with Crippen molar-refractivity contribution < 1.29 is 0 Å². The zero-order chi connectivity index (χ0) is 12.8. The lowest BCUT2D eigenvalue weighted by Gasteiger charge is -2.29. The van der Waals surface area contributed by atoms with Crippen LogP contribution in [-0.2, 0) is 6.54 Å². The molecule has 0 bridgehead atoms. The van der Waals surface area contributed by atoms with Crippen molar-refractivity contribution in [1.82, 2.24) is 4.98 Å². The van der Waals surface area contributed by atoms with Gasteiger partial charge in [0.15, 0.2) is 0 Å². The molecule has 17 heavy (non-hydrogen) atoms. The number of hydrogen-bond donors (Lipinski definition) is 1. The van der Waals surface area contributed by atoms with Gasteiger partial charge in [-0.25, -0.2) is 4.98 Å². The molecule has 0 aliphatic carbocycles. The number of anilines is 1. The van der Waals surface area contributed by atoms with Crippen LogP contribution in [0, 0.1) is 6.92 Å². The average Bonchev–Trinajstić information content (AvgIpc) is 2.35. The minimum Gasteiger partial charge on any atom is -0.356 e. The number of rotatable bonds is 6. The van der Waals surface area contributed by atoms with E-state index in [0.29, 0.717) is 12.6 Å². The molecule has 1 aromatic rings. The van der Waals surface area contributed by atoms with Crippen LogP contribution in [0.3, 0.4) is 0 Å². The molecule has 2 N–H and O–H groups in total. The minimum absolute atomic E-state index is 0.518. The van der Waals surface area contributed by atoms with Crippen molar-refractivity contribution in [2.24, 2.45) is 5.73 Å². The number of nitrogens with zero attached hydrogens (tertiary/aromatic N) is 2. The normalized spacial score (nSPS) is 12.5. The standard InChI is InChI=1S/C13H23N3S/c1-5-12(9-17-4)16(3)13-11(8-14)7-6-10(2)15-13/h6-7,12H,5,8-9,14H2,1-4H3. The average molecular weight is 253 g/mol. The summed E-state index contributed by atoms with van der Waals surface area (Å²) in [6.45, 7) is 4.78. The maximum atomic E-state index is 5.78. The molecule has 1 aromatic heterocycles. The van der Waals surface area contributed by atoms with Gasteiger partial charge in [0.1, 0.15) is 5.82 Å². The summed E-state index contributed by atoms with van der Waals surface area (Å²) in [6.07, 6.45) is 3.26. The Morgan fingerprint density at radius 2 is 2.18 bits per heavy atom. The molecule has 1 atom stereocenters. The third kappa shape index (κ3) is 3.61. The first kappa shape index (κ1) is 14.3. The maximum Gasteiger partial charge on any atom is 0.133 e. The van der Waals surface area contributed by atoms with Crippen LogP contribution in [-0.4, -0.2) is 30.1 Å². The van der Waals surface area contributed by atoms with Crippen LogP contribution in [0.25, 0.3) is 0 Å². The molecule has 0 radical (unpaired) electrons. The van der Waals surface area contributed by atoms with E-state index >= 15 is 0 Å². The third-order valence-corrected chi connectivity index (χ3v) is 3.75. The van der Waals surface area contributed by atoms with Gasteiger partial charge in [0.25, 0.3) is 0 Å². The summed E-state index contributed by atoms with van der Waals surface area (Å²) < 4.78 is 0. The van der Waals surface area contributed by atoms with E-state index in [4.69, 9.17) is 5.73 Å². The number of aryl methyl sites for hydroxylation is 1. The van der Waals surface area contributed by atoms with E-state index in [0.717, 1.165) is 29.2 Å². The molecule has 0 aromatic carbocycles. The Hall–Kier alpha value is -0.740. The predicted molar refractivity (Wildman–Crippen MR) is 77.7 cm³/mol. The van der Waals surface area contributed by atoms with Crippen LogP contribution in [0.4, 0.5) is 5.82 Å². The molecule has 0 aliphatic heterocycles. The van der Waals surface area contributed by atoms with Gasteiger partial charge in [-0.05, 0) is 25.7 Å². The summed E-state index contributed by atoms with van der Waals surface area (Å²) >= 11 is 1.87. The van der Waals surface area contributed by atoms with Crippen molar-refractivity contribution in [3.05, 3.63) is 23.4 Å². The fourth-order valence-electron chi connectivity index (χ4n) is 1.91. The highest BCUT2D eigenvalue weighted by Crippen LogP contribution is 2.21. The van der Waals surface area contributed by atoms with Crippen LogP contribution < -0.4 is 10.6 Å². The molecule has 0 spiro atoms. The van der Waals surface area contributed by atoms with Gasteiger partial charge in [0.05, 0.1) is 0 Å². The molecule has 1 rings (SSSR count). The number of hydrogen-bond acceptors (Lipinski definition) is 4. The Labute approximate surface area is 109 Å². The second kappa shape index (κ2) is 6.87. The van der Waals surface area contributed by atoms with Crippen LogP contribution in [0.5, 0.6) is 0 Å². The van der Waals surface area contributed by atoms with E-state index in [1.807, 2.05) is 24.8 Å². The molecular weight excluding hydrogens is 230 g/mol. The molecular formula is C13H23N3S. The van der Waals surface area contributed by atoms with Crippen molar-refractivity contribution in [3.63, 3.8) is 0 Å². The minimum atomic E-state index is 0.518. The largest absolute Gasteiger partial charge is 0.356 e. The first-order valence-corrected chi connectivity index (χ1v) is 7.41. The summed E-state index contributed by atoms with van der Waals surface area (Å²) in [4.78, 5) is 6.90. The second-order valence-corrected chi connectivity index (χ2v) is 5.18. The van der Waals surface area contributed by atoms with Crippen LogP contribution in [0.15, 0.2) is 12.1 Å². The first-order chi connectivity index (χ1) is 8.13. The Kier molecular flexibility index (Phi) is 5.78. The van der Waals surface area contributed by atoms with Gasteiger partial charge in [-0.3, -0.25) is 0 Å². The number of nitrogens with two attached hydrogens (primary N) is 1. The van der Waals surface area contributed by atoms with Gasteiger partial charge in [0, 0.05) is 36.6 Å². The number of aromatic nitrogens is 1. The van der Waals surface area contributed by atoms with Gasteiger partial charge < -0.3 is 10.6 Å². The van der Waals surface area contributed by atoms with Crippen LogP contribution in [0.1, 0.15) is 24.6 Å². The highest BCUT2D eigenvalue weighted by molar-refractivity contribution is 7.98. The summed E-state index contributed by atoms with van der Waals surface area (Å²) in [5.74, 6) is 2.15. The zero-order valence-electron chi connectivity index (χ0n) is 11.2. The highest BCUT2D eigenvalue weighted by Gasteiger charge is 2.16. The van der Waals surface area contributed by atoms with E-state index in [1.54, 1.807) is 0 Å². The van der Waals surface area contributed by atoms with Gasteiger partial charge in [-0.2, -0.15) is 11.8 Å². The van der Waals surface area contributed by atoms with Gasteiger partial charge in [-0.1, -0.05) is 13.0 Å². The lowest BCUT2D eigenvalue weighted by atomic mass is 10.1. The quantitative estimate of drug-likeness (QED) is 0.845. The Morgan fingerprint density at radius 1 is 1.47 bits per heavy atom. The predicted octanol–water partition coefficient (Wildman–Crippen LogP) is 2.43. The first-order valence-electron chi connectivity index (χ1n) is 6.02. The Morgan fingerprint density at radius 3 is 2.71 bits per heavy atom. The summed E-state index contributed by atoms with van der Waals surface area (Å²) in [5, 5.41) is 0. The molecule has 1 unspecified atom stereocenters. The fraction of sp³-hybridized carbons (Fsp3) is 0.615. The number of pyridine rings is 1. The summed E-state index contributed by atoms with van der Waals surface area (Å²) in [6, 6.07) is 4.62. The monoisotopic (exact) mass is 253 g/mol. The van der Waals surface area contributed by atoms with E-state index in [1.165, 1.54) is 0 Å². The van der Waals surface area contributed by atoms with Crippen LogP contribution >= 0.6 is 11.8 Å². The topological polar surface area (TPSA) is 42.2 Å². The highest BCUT2D eigenvalue weighted by atomic mass is 32.2. The van der Waals surface area contributed by atoms with Gasteiger partial charge in [-0.15, -0.1) is 0 Å². The zero-order valence-corrected chi connectivity index (χ0v) is 12.0. The lowest BCUT2D eigenvalue weighted by molar-refractivity contribution is 0.661. The molecule has 0 amide bonds.